The van der Waals surface area contributed by atoms with E-state index in [-0.39, 0.29) is 24.2 Å². The molecule has 4 saturated heterocycles. The number of morpholine rings is 1. The average Bonchev–Trinajstić information content (AvgIpc) is 3.63. The normalized spacial score (nSPS) is 24.7. The van der Waals surface area contributed by atoms with Crippen LogP contribution in [-0.2, 0) is 9.53 Å². The molecule has 12 nitrogen and oxygen atoms in total. The maximum atomic E-state index is 12.8. The lowest BCUT2D eigenvalue weighted by atomic mass is 10.1. The fraction of sp³-hybridized carbons (Fsp3) is 0.545. The molecule has 0 unspecified atom stereocenters. The second-order valence-corrected chi connectivity index (χ2v) is 12.6. The molecule has 0 bridgehead atoms. The Morgan fingerprint density at radius 3 is 2.58 bits per heavy atom. The summed E-state index contributed by atoms with van der Waals surface area (Å²) in [5, 5.41) is 13.9. The molecule has 0 radical (unpaired) electrons. The highest BCUT2D eigenvalue weighted by molar-refractivity contribution is 5.95. The van der Waals surface area contributed by atoms with Gasteiger partial charge in [0, 0.05) is 95.5 Å². The number of amides is 1. The number of carbonyl (C=O) groups is 1. The molecular formula is C33H42N10O2. The van der Waals surface area contributed by atoms with Gasteiger partial charge in [-0.3, -0.25) is 14.7 Å². The van der Waals surface area contributed by atoms with Crippen molar-refractivity contribution in [3.05, 3.63) is 48.3 Å². The van der Waals surface area contributed by atoms with E-state index in [4.69, 9.17) is 9.72 Å². The van der Waals surface area contributed by atoms with Crippen LogP contribution in [0.3, 0.4) is 0 Å². The van der Waals surface area contributed by atoms with Gasteiger partial charge in [0.05, 0.1) is 29.3 Å². The van der Waals surface area contributed by atoms with Crippen molar-refractivity contribution in [2.24, 2.45) is 0 Å². The highest BCUT2D eigenvalue weighted by atomic mass is 16.5. The van der Waals surface area contributed by atoms with Gasteiger partial charge in [0.25, 0.3) is 0 Å². The number of nitrogens with zero attached hydrogens (tertiary/aromatic N) is 9. The van der Waals surface area contributed by atoms with E-state index in [0.717, 1.165) is 107 Å². The SMILES string of the molecule is C[C@@H]1CN(c2ccc(C#N)c3ncccc23)C[C@H](CN2CCN(c3ccnc(N4CCN(C(=O)[C@@H]5CCCN5)CC4)n3)CC2)O1. The molecular weight excluding hydrogens is 568 g/mol. The predicted octanol–water partition coefficient (Wildman–Crippen LogP) is 1.71. The molecule has 236 valence electrons. The summed E-state index contributed by atoms with van der Waals surface area (Å²) < 4.78 is 6.42. The van der Waals surface area contributed by atoms with Crippen LogP contribution >= 0.6 is 0 Å². The summed E-state index contributed by atoms with van der Waals surface area (Å²) >= 11 is 0. The van der Waals surface area contributed by atoms with Gasteiger partial charge < -0.3 is 29.7 Å². The van der Waals surface area contributed by atoms with E-state index in [1.807, 2.05) is 29.3 Å². The van der Waals surface area contributed by atoms with Crippen LogP contribution in [0.2, 0.25) is 0 Å². The van der Waals surface area contributed by atoms with E-state index in [1.165, 1.54) is 0 Å². The number of carbonyl (C=O) groups excluding carboxylic acids is 1. The Kier molecular flexibility index (Phi) is 8.65. The zero-order valence-corrected chi connectivity index (χ0v) is 26.0. The van der Waals surface area contributed by atoms with Crippen LogP contribution in [0.25, 0.3) is 10.9 Å². The van der Waals surface area contributed by atoms with Gasteiger partial charge in [-0.15, -0.1) is 0 Å². The topological polar surface area (TPSA) is 117 Å². The Morgan fingerprint density at radius 1 is 0.978 bits per heavy atom. The van der Waals surface area contributed by atoms with Gasteiger partial charge in [-0.05, 0) is 56.6 Å². The quantitative estimate of drug-likeness (QED) is 0.440. The first kappa shape index (κ1) is 29.6. The Labute approximate surface area is 264 Å². The summed E-state index contributed by atoms with van der Waals surface area (Å²) in [6, 6.07) is 12.2. The molecule has 4 aliphatic rings. The standard InChI is InChI=1S/C33H42N10O2/c1-24-21-43(29-7-6-25(20-34)31-27(29)4-2-10-36-31)23-26(45-24)22-39-12-14-40(15-13-39)30-8-11-37-33(38-30)42-18-16-41(17-19-42)32(44)28-5-3-9-35-28/h2,4,6-8,10-11,24,26,28,35H,3,5,9,12-19,21-23H2,1H3/t24-,26+,28+/m1/s1. The van der Waals surface area contributed by atoms with Crippen LogP contribution in [0.5, 0.6) is 0 Å². The molecule has 12 heteroatoms. The summed E-state index contributed by atoms with van der Waals surface area (Å²) in [7, 11) is 0. The maximum absolute atomic E-state index is 12.8. The molecule has 2 aromatic heterocycles. The molecule has 0 spiro atoms. The summed E-state index contributed by atoms with van der Waals surface area (Å²) in [6.07, 6.45) is 5.82. The first-order valence-corrected chi connectivity index (χ1v) is 16.3. The van der Waals surface area contributed by atoms with Crippen molar-refractivity contribution in [3.8, 4) is 6.07 Å². The number of ether oxygens (including phenoxy) is 1. The fourth-order valence-electron chi connectivity index (χ4n) is 7.22. The summed E-state index contributed by atoms with van der Waals surface area (Å²) in [4.78, 5) is 38.3. The van der Waals surface area contributed by atoms with Crippen molar-refractivity contribution in [3.63, 3.8) is 0 Å². The monoisotopic (exact) mass is 610 g/mol. The molecule has 7 rings (SSSR count). The highest BCUT2D eigenvalue weighted by Crippen LogP contribution is 2.30. The lowest BCUT2D eigenvalue weighted by Gasteiger charge is -2.42. The van der Waals surface area contributed by atoms with Crippen LogP contribution < -0.4 is 20.0 Å². The van der Waals surface area contributed by atoms with E-state index in [0.29, 0.717) is 18.7 Å². The second-order valence-electron chi connectivity index (χ2n) is 12.6. The van der Waals surface area contributed by atoms with Gasteiger partial charge in [0.15, 0.2) is 0 Å². The minimum atomic E-state index is -0.0118. The molecule has 4 aliphatic heterocycles. The molecule has 1 aromatic carbocycles. The number of fused-ring (bicyclic) bond motifs is 1. The van der Waals surface area contributed by atoms with Crippen LogP contribution in [-0.4, -0.2) is 127 Å². The van der Waals surface area contributed by atoms with Crippen molar-refractivity contribution >= 4 is 34.3 Å². The van der Waals surface area contributed by atoms with Crippen molar-refractivity contribution in [1.82, 2.24) is 30.1 Å². The first-order chi connectivity index (χ1) is 22.1. The predicted molar refractivity (Wildman–Crippen MR) is 174 cm³/mol. The highest BCUT2D eigenvalue weighted by Gasteiger charge is 2.31. The van der Waals surface area contributed by atoms with E-state index in [2.05, 4.69) is 60.0 Å². The second kappa shape index (κ2) is 13.1. The first-order valence-electron chi connectivity index (χ1n) is 16.3. The molecule has 6 heterocycles. The number of anilines is 3. The number of nitrogens with one attached hydrogen (secondary N) is 1. The zero-order chi connectivity index (χ0) is 30.8. The zero-order valence-electron chi connectivity index (χ0n) is 26.0. The minimum absolute atomic E-state index is 0.0118. The third kappa shape index (κ3) is 6.38. The summed E-state index contributed by atoms with van der Waals surface area (Å²) in [6.45, 7) is 12.1. The van der Waals surface area contributed by atoms with Crippen molar-refractivity contribution in [2.45, 2.75) is 38.0 Å². The number of pyridine rings is 1. The molecule has 1 amide bonds. The van der Waals surface area contributed by atoms with E-state index in [1.54, 1.807) is 6.20 Å². The molecule has 3 aromatic rings. The van der Waals surface area contributed by atoms with E-state index in [9.17, 15) is 10.1 Å². The van der Waals surface area contributed by atoms with Gasteiger partial charge in [-0.25, -0.2) is 4.98 Å². The number of benzene rings is 1. The Bertz CT molecular complexity index is 1540. The van der Waals surface area contributed by atoms with Crippen LogP contribution in [0.15, 0.2) is 42.7 Å². The number of piperazine rings is 2. The van der Waals surface area contributed by atoms with Gasteiger partial charge >= 0.3 is 0 Å². The van der Waals surface area contributed by atoms with Gasteiger partial charge in [-0.2, -0.15) is 10.2 Å². The van der Waals surface area contributed by atoms with E-state index >= 15 is 0 Å². The van der Waals surface area contributed by atoms with Gasteiger partial charge in [0.2, 0.25) is 11.9 Å². The van der Waals surface area contributed by atoms with Crippen molar-refractivity contribution in [1.29, 1.82) is 5.26 Å². The molecule has 0 saturated carbocycles. The number of hydrogen-bond acceptors (Lipinski definition) is 11. The third-order valence-corrected chi connectivity index (χ3v) is 9.55. The van der Waals surface area contributed by atoms with Crippen LogP contribution in [0, 0.1) is 11.3 Å². The van der Waals surface area contributed by atoms with Crippen molar-refractivity contribution in [2.75, 3.05) is 93.2 Å². The van der Waals surface area contributed by atoms with Crippen LogP contribution in [0.1, 0.15) is 25.3 Å². The number of aromatic nitrogens is 3. The maximum Gasteiger partial charge on any atom is 0.239 e. The lowest BCUT2D eigenvalue weighted by molar-refractivity contribution is -0.133. The molecule has 4 fully saturated rings. The fourth-order valence-corrected chi connectivity index (χ4v) is 7.22. The van der Waals surface area contributed by atoms with Gasteiger partial charge in [-0.1, -0.05) is 0 Å². The van der Waals surface area contributed by atoms with E-state index < -0.39 is 0 Å². The Morgan fingerprint density at radius 2 is 1.80 bits per heavy atom. The van der Waals surface area contributed by atoms with Crippen molar-refractivity contribution < 1.29 is 9.53 Å². The molecule has 3 atom stereocenters. The lowest BCUT2D eigenvalue weighted by Crippen LogP contribution is -2.54. The molecule has 45 heavy (non-hydrogen) atoms. The number of hydrogen-bond donors (Lipinski definition) is 1. The van der Waals surface area contributed by atoms with Gasteiger partial charge in [0.1, 0.15) is 11.9 Å². The third-order valence-electron chi connectivity index (χ3n) is 9.55. The Hall–Kier alpha value is -4.05. The largest absolute Gasteiger partial charge is 0.370 e. The molecule has 0 aliphatic carbocycles. The average molecular weight is 611 g/mol. The summed E-state index contributed by atoms with van der Waals surface area (Å²) in [5.41, 5.74) is 2.47. The minimum Gasteiger partial charge on any atom is -0.370 e. The number of rotatable bonds is 6. The smallest absolute Gasteiger partial charge is 0.239 e. The Balaban J connectivity index is 0.932. The number of nitriles is 1. The van der Waals surface area contributed by atoms with Crippen LogP contribution in [0.4, 0.5) is 17.5 Å². The summed E-state index contributed by atoms with van der Waals surface area (Å²) in [5.74, 6) is 1.94. The molecule has 1 N–H and O–H groups in total.